The highest BCUT2D eigenvalue weighted by atomic mass is 127. The molecule has 8 heteroatoms. The molecule has 0 radical (unpaired) electrons. The molecule has 1 N–H and O–H groups in total. The van der Waals surface area contributed by atoms with Crippen molar-refractivity contribution in [3.05, 3.63) is 69.2 Å². The van der Waals surface area contributed by atoms with E-state index in [9.17, 15) is 4.79 Å². The Hall–Kier alpha value is -2.75. The van der Waals surface area contributed by atoms with Gasteiger partial charge in [-0.2, -0.15) is 0 Å². The topological polar surface area (TPSA) is 74.2 Å². The van der Waals surface area contributed by atoms with Gasteiger partial charge >= 0.3 is 0 Å². The van der Waals surface area contributed by atoms with Crippen LogP contribution in [-0.4, -0.2) is 51.9 Å². The number of nitrogens with zero attached hydrogens (tertiary/aromatic N) is 5. The van der Waals surface area contributed by atoms with E-state index in [4.69, 9.17) is 0 Å². The van der Waals surface area contributed by atoms with E-state index in [0.29, 0.717) is 24.7 Å². The first-order chi connectivity index (χ1) is 14.5. The maximum atomic E-state index is 12.8. The lowest BCUT2D eigenvalue weighted by Crippen LogP contribution is -2.49. The van der Waals surface area contributed by atoms with Crippen LogP contribution in [0.15, 0.2) is 48.7 Å². The molecule has 0 spiro atoms. The molecule has 30 heavy (non-hydrogen) atoms. The number of halogens is 1. The molecule has 4 rings (SSSR count). The van der Waals surface area contributed by atoms with E-state index in [0.717, 1.165) is 39.4 Å². The molecule has 1 aromatic carbocycles. The lowest BCUT2D eigenvalue weighted by atomic mass is 10.2. The summed E-state index contributed by atoms with van der Waals surface area (Å²) < 4.78 is 1.07. The summed E-state index contributed by atoms with van der Waals surface area (Å²) in [7, 11) is 0. The Morgan fingerprint density at radius 2 is 1.80 bits per heavy atom. The van der Waals surface area contributed by atoms with E-state index in [1.54, 1.807) is 6.20 Å². The second-order valence-corrected chi connectivity index (χ2v) is 8.54. The number of aryl methyl sites for hydroxylation is 2. The highest BCUT2D eigenvalue weighted by Crippen LogP contribution is 2.21. The number of carbonyl (C=O) groups excluding carboxylic acids is 1. The maximum absolute atomic E-state index is 12.8. The summed E-state index contributed by atoms with van der Waals surface area (Å²) in [5.41, 5.74) is 1.87. The summed E-state index contributed by atoms with van der Waals surface area (Å²) in [6, 6.07) is 13.6. The first-order valence-electron chi connectivity index (χ1n) is 9.83. The van der Waals surface area contributed by atoms with E-state index < -0.39 is 0 Å². The number of carbonyl (C=O) groups is 1. The molecule has 2 aromatic heterocycles. The number of amides is 1. The van der Waals surface area contributed by atoms with Crippen LogP contribution in [0.25, 0.3) is 0 Å². The second kappa shape index (κ2) is 8.95. The Morgan fingerprint density at radius 1 is 1.00 bits per heavy atom. The Morgan fingerprint density at radius 3 is 2.53 bits per heavy atom. The van der Waals surface area contributed by atoms with Crippen LogP contribution in [0.4, 0.5) is 17.5 Å². The van der Waals surface area contributed by atoms with Crippen LogP contribution in [-0.2, 0) is 0 Å². The van der Waals surface area contributed by atoms with Gasteiger partial charge in [-0.05, 0) is 72.3 Å². The van der Waals surface area contributed by atoms with Crippen LogP contribution in [0.1, 0.15) is 21.7 Å². The number of hydrogen-bond acceptors (Lipinski definition) is 6. The van der Waals surface area contributed by atoms with Crippen LogP contribution in [0.5, 0.6) is 0 Å². The molecule has 0 bridgehead atoms. The molecule has 7 nitrogen and oxygen atoms in total. The number of piperazine rings is 1. The normalized spacial score (nSPS) is 14.0. The third-order valence-electron chi connectivity index (χ3n) is 4.96. The minimum Gasteiger partial charge on any atom is -0.353 e. The molecule has 0 unspecified atom stereocenters. The van der Waals surface area contributed by atoms with Crippen molar-refractivity contribution in [1.29, 1.82) is 0 Å². The molecule has 0 aliphatic carbocycles. The summed E-state index contributed by atoms with van der Waals surface area (Å²) in [6.45, 7) is 6.70. The number of pyridine rings is 1. The Labute approximate surface area is 189 Å². The van der Waals surface area contributed by atoms with Crippen LogP contribution >= 0.6 is 22.6 Å². The molecule has 3 aromatic rings. The lowest BCUT2D eigenvalue weighted by Gasteiger charge is -2.35. The monoisotopic (exact) mass is 514 g/mol. The van der Waals surface area contributed by atoms with Crippen molar-refractivity contribution in [1.82, 2.24) is 19.9 Å². The number of benzene rings is 1. The quantitative estimate of drug-likeness (QED) is 0.535. The second-order valence-electron chi connectivity index (χ2n) is 7.29. The van der Waals surface area contributed by atoms with Crippen molar-refractivity contribution in [2.75, 3.05) is 36.4 Å². The zero-order valence-corrected chi connectivity index (χ0v) is 19.1. The van der Waals surface area contributed by atoms with Crippen LogP contribution < -0.4 is 10.2 Å². The molecule has 154 valence electrons. The van der Waals surface area contributed by atoms with E-state index in [1.165, 1.54) is 0 Å². The number of nitrogens with one attached hydrogen (secondary N) is 1. The van der Waals surface area contributed by atoms with Crippen molar-refractivity contribution in [2.45, 2.75) is 13.8 Å². The summed E-state index contributed by atoms with van der Waals surface area (Å²) >= 11 is 2.23. The van der Waals surface area contributed by atoms with Crippen LogP contribution in [0.3, 0.4) is 0 Å². The first-order valence-corrected chi connectivity index (χ1v) is 10.9. The van der Waals surface area contributed by atoms with Crippen molar-refractivity contribution in [2.24, 2.45) is 0 Å². The van der Waals surface area contributed by atoms with Crippen molar-refractivity contribution in [3.8, 4) is 0 Å². The highest BCUT2D eigenvalue weighted by Gasteiger charge is 2.23. The van der Waals surface area contributed by atoms with Gasteiger partial charge in [0.15, 0.2) is 0 Å². The van der Waals surface area contributed by atoms with Gasteiger partial charge in [-0.1, -0.05) is 6.07 Å². The predicted molar refractivity (Wildman–Crippen MR) is 126 cm³/mol. The Kier molecular flexibility index (Phi) is 6.12. The maximum Gasteiger partial charge on any atom is 0.254 e. The van der Waals surface area contributed by atoms with Crippen molar-refractivity contribution >= 4 is 46.0 Å². The highest BCUT2D eigenvalue weighted by molar-refractivity contribution is 14.1. The smallest absolute Gasteiger partial charge is 0.254 e. The Balaban J connectivity index is 1.44. The first kappa shape index (κ1) is 20.5. The average molecular weight is 514 g/mol. The molecule has 1 aliphatic heterocycles. The molecular formula is C22H23IN6O. The average Bonchev–Trinajstić information content (AvgIpc) is 2.73. The number of aromatic nitrogens is 3. The summed E-state index contributed by atoms with van der Waals surface area (Å²) in [5, 5.41) is 3.26. The number of anilines is 3. The van der Waals surface area contributed by atoms with Gasteiger partial charge in [0.2, 0.25) is 0 Å². The van der Waals surface area contributed by atoms with Gasteiger partial charge < -0.3 is 15.1 Å². The van der Waals surface area contributed by atoms with Crippen molar-refractivity contribution in [3.63, 3.8) is 0 Å². The summed E-state index contributed by atoms with van der Waals surface area (Å²) in [6.07, 6.45) is 1.77. The third-order valence-corrected chi connectivity index (χ3v) is 5.63. The van der Waals surface area contributed by atoms with Gasteiger partial charge in [-0.3, -0.25) is 4.79 Å². The fourth-order valence-corrected chi connectivity index (χ4v) is 4.00. The molecule has 0 atom stereocenters. The SMILES string of the molecule is Cc1ccnc(Nc2cc(N3CCN(C(=O)c4cccc(I)c4)CC3)nc(C)n2)c1. The zero-order valence-electron chi connectivity index (χ0n) is 17.0. The number of hydrogen-bond donors (Lipinski definition) is 1. The Bertz CT molecular complexity index is 1060. The van der Waals surface area contributed by atoms with Crippen LogP contribution in [0.2, 0.25) is 0 Å². The molecule has 1 saturated heterocycles. The fraction of sp³-hybridized carbons (Fsp3) is 0.273. The van der Waals surface area contributed by atoms with Gasteiger partial charge in [0.05, 0.1) is 0 Å². The molecule has 3 heterocycles. The molecule has 1 aliphatic rings. The minimum atomic E-state index is 0.0833. The van der Waals surface area contributed by atoms with Gasteiger partial charge in [0, 0.05) is 47.6 Å². The molecule has 1 amide bonds. The third kappa shape index (κ3) is 4.86. The van der Waals surface area contributed by atoms with Gasteiger partial charge in [-0.25, -0.2) is 15.0 Å². The molecule has 1 fully saturated rings. The predicted octanol–water partition coefficient (Wildman–Crippen LogP) is 3.80. The summed E-state index contributed by atoms with van der Waals surface area (Å²) in [5.74, 6) is 3.11. The lowest BCUT2D eigenvalue weighted by molar-refractivity contribution is 0.0746. The zero-order chi connectivity index (χ0) is 21.1. The standard InChI is InChI=1S/C22H23IN6O/c1-15-6-7-24-19(12-15)27-20-14-21(26-16(2)25-20)28-8-10-29(11-9-28)22(30)17-4-3-5-18(23)13-17/h3-7,12-14H,8-11H2,1-2H3,(H,24,25,26,27). The summed E-state index contributed by atoms with van der Waals surface area (Å²) in [4.78, 5) is 30.3. The molecule has 0 saturated carbocycles. The van der Waals surface area contributed by atoms with Crippen molar-refractivity contribution < 1.29 is 4.79 Å². The van der Waals surface area contributed by atoms with E-state index >= 15 is 0 Å². The fourth-order valence-electron chi connectivity index (χ4n) is 3.46. The van der Waals surface area contributed by atoms with E-state index in [1.807, 2.05) is 61.2 Å². The molecular weight excluding hydrogens is 491 g/mol. The minimum absolute atomic E-state index is 0.0833. The van der Waals surface area contributed by atoms with Gasteiger partial charge in [-0.15, -0.1) is 0 Å². The number of rotatable bonds is 4. The van der Waals surface area contributed by atoms with Crippen LogP contribution in [0, 0.1) is 17.4 Å². The van der Waals surface area contributed by atoms with Gasteiger partial charge in [0.25, 0.3) is 5.91 Å². The largest absolute Gasteiger partial charge is 0.353 e. The van der Waals surface area contributed by atoms with E-state index in [-0.39, 0.29) is 5.91 Å². The van der Waals surface area contributed by atoms with Gasteiger partial charge in [0.1, 0.15) is 23.3 Å². The van der Waals surface area contributed by atoms with E-state index in [2.05, 4.69) is 47.8 Å².